The molecule has 1 saturated heterocycles. The van der Waals surface area contributed by atoms with Crippen LogP contribution in [0.15, 0.2) is 36.4 Å². The number of hydrogen-bond acceptors (Lipinski definition) is 5. The van der Waals surface area contributed by atoms with Crippen LogP contribution < -0.4 is 5.32 Å². The van der Waals surface area contributed by atoms with E-state index in [-0.39, 0.29) is 22.5 Å². The second-order valence-electron chi connectivity index (χ2n) is 8.63. The molecule has 1 N–H and O–H groups in total. The standard InChI is InChI=1S/C22H23FN2O2.C4H11N/c23-17-9-10-18(24-11-6-14-25-12-4-1-5-13-25)20-19(17)21(26)15-7-2-3-8-16(15)22(20)27;1-4-5(2)3/h2-3,7-10,24H,1,4-6,11-14H2;4H2,1-3H3. The van der Waals surface area contributed by atoms with Crippen LogP contribution in [-0.2, 0) is 0 Å². The third-order valence-electron chi connectivity index (χ3n) is 6.07. The number of carbonyl (C=O) groups excluding carboxylic acids is 2. The van der Waals surface area contributed by atoms with E-state index < -0.39 is 11.6 Å². The Morgan fingerprint density at radius 3 is 2.12 bits per heavy atom. The van der Waals surface area contributed by atoms with E-state index >= 15 is 0 Å². The molecule has 1 heterocycles. The van der Waals surface area contributed by atoms with Gasteiger partial charge in [-0.25, -0.2) is 4.39 Å². The fourth-order valence-corrected chi connectivity index (χ4v) is 4.04. The van der Waals surface area contributed by atoms with Crippen molar-refractivity contribution in [3.05, 3.63) is 64.5 Å². The molecular weight excluding hydrogens is 405 g/mol. The van der Waals surface area contributed by atoms with Gasteiger partial charge >= 0.3 is 0 Å². The van der Waals surface area contributed by atoms with Crippen LogP contribution >= 0.6 is 0 Å². The van der Waals surface area contributed by atoms with Crippen LogP contribution in [0.4, 0.5) is 10.1 Å². The van der Waals surface area contributed by atoms with Gasteiger partial charge in [0.15, 0.2) is 11.6 Å². The topological polar surface area (TPSA) is 52.7 Å². The van der Waals surface area contributed by atoms with Gasteiger partial charge in [-0.2, -0.15) is 0 Å². The van der Waals surface area contributed by atoms with Gasteiger partial charge in [0.2, 0.25) is 0 Å². The SMILES string of the molecule is CCN(C)C.O=C1c2ccccc2C(=O)c2c(NCCCN3CCCCC3)ccc(F)c21. The monoisotopic (exact) mass is 439 g/mol. The molecule has 0 spiro atoms. The molecule has 0 radical (unpaired) electrons. The highest BCUT2D eigenvalue weighted by molar-refractivity contribution is 6.30. The summed E-state index contributed by atoms with van der Waals surface area (Å²) >= 11 is 0. The molecule has 0 unspecified atom stereocenters. The molecule has 32 heavy (non-hydrogen) atoms. The van der Waals surface area contributed by atoms with Crippen molar-refractivity contribution < 1.29 is 14.0 Å². The van der Waals surface area contributed by atoms with Crippen LogP contribution in [0.1, 0.15) is 64.4 Å². The maximum absolute atomic E-state index is 14.4. The van der Waals surface area contributed by atoms with Crippen LogP contribution in [0.3, 0.4) is 0 Å². The number of piperidine rings is 1. The lowest BCUT2D eigenvalue weighted by molar-refractivity contribution is 0.0976. The van der Waals surface area contributed by atoms with E-state index in [1.54, 1.807) is 30.3 Å². The number of halogens is 1. The van der Waals surface area contributed by atoms with Gasteiger partial charge in [-0.15, -0.1) is 0 Å². The van der Waals surface area contributed by atoms with E-state index in [9.17, 15) is 14.0 Å². The summed E-state index contributed by atoms with van der Waals surface area (Å²) in [6.45, 7) is 7.25. The molecule has 0 atom stereocenters. The van der Waals surface area contributed by atoms with E-state index in [0.717, 1.165) is 32.6 Å². The van der Waals surface area contributed by atoms with Crippen LogP contribution in [0.2, 0.25) is 0 Å². The molecule has 2 aromatic carbocycles. The van der Waals surface area contributed by atoms with Crippen molar-refractivity contribution >= 4 is 17.3 Å². The lowest BCUT2D eigenvalue weighted by Gasteiger charge is -2.26. The maximum Gasteiger partial charge on any atom is 0.197 e. The highest BCUT2D eigenvalue weighted by Crippen LogP contribution is 2.33. The number of fused-ring (bicyclic) bond motifs is 2. The van der Waals surface area contributed by atoms with Gasteiger partial charge in [-0.1, -0.05) is 37.6 Å². The van der Waals surface area contributed by atoms with E-state index in [0.29, 0.717) is 17.8 Å². The Hall–Kier alpha value is -2.57. The van der Waals surface area contributed by atoms with Crippen molar-refractivity contribution in [3.63, 3.8) is 0 Å². The minimum absolute atomic E-state index is 0.111. The van der Waals surface area contributed by atoms with Gasteiger partial charge in [0.1, 0.15) is 5.82 Å². The molecule has 4 rings (SSSR count). The molecule has 1 aliphatic carbocycles. The summed E-state index contributed by atoms with van der Waals surface area (Å²) in [5.41, 5.74) is 1.21. The Bertz CT molecular complexity index is 952. The van der Waals surface area contributed by atoms with Crippen LogP contribution in [0.25, 0.3) is 0 Å². The van der Waals surface area contributed by atoms with Gasteiger partial charge in [0.25, 0.3) is 0 Å². The first-order valence-electron chi connectivity index (χ1n) is 11.6. The molecule has 2 aliphatic rings. The first-order chi connectivity index (χ1) is 15.4. The summed E-state index contributed by atoms with van der Waals surface area (Å²) in [7, 11) is 4.11. The number of rotatable bonds is 6. The van der Waals surface area contributed by atoms with Gasteiger partial charge in [0, 0.05) is 23.4 Å². The normalized spacial score (nSPS) is 15.7. The quantitative estimate of drug-likeness (QED) is 0.575. The molecular formula is C26H34FN3O2. The van der Waals surface area contributed by atoms with E-state index in [4.69, 9.17) is 0 Å². The molecule has 2 aromatic rings. The van der Waals surface area contributed by atoms with Gasteiger partial charge in [-0.3, -0.25) is 9.59 Å². The van der Waals surface area contributed by atoms with Crippen LogP contribution in [0, 0.1) is 5.82 Å². The number of likely N-dealkylation sites (tertiary alicyclic amines) is 1. The molecule has 1 aliphatic heterocycles. The Kier molecular flexibility index (Phi) is 8.53. The smallest absolute Gasteiger partial charge is 0.197 e. The zero-order valence-electron chi connectivity index (χ0n) is 19.4. The molecule has 6 heteroatoms. The van der Waals surface area contributed by atoms with Crippen LogP contribution in [0.5, 0.6) is 0 Å². The van der Waals surface area contributed by atoms with Crippen LogP contribution in [-0.4, -0.2) is 68.2 Å². The Morgan fingerprint density at radius 2 is 1.53 bits per heavy atom. The second-order valence-corrected chi connectivity index (χ2v) is 8.63. The summed E-state index contributed by atoms with van der Waals surface area (Å²) in [4.78, 5) is 30.3. The molecule has 5 nitrogen and oxygen atoms in total. The number of carbonyl (C=O) groups is 2. The fraction of sp³-hybridized carbons (Fsp3) is 0.462. The van der Waals surface area contributed by atoms with Crippen molar-refractivity contribution in [2.75, 3.05) is 52.1 Å². The second kappa shape index (κ2) is 11.3. The van der Waals surface area contributed by atoms with Crippen molar-refractivity contribution in [1.29, 1.82) is 0 Å². The Balaban J connectivity index is 0.000000523. The number of nitrogens with zero attached hydrogens (tertiary/aromatic N) is 2. The number of hydrogen-bond donors (Lipinski definition) is 1. The summed E-state index contributed by atoms with van der Waals surface area (Å²) < 4.78 is 14.4. The van der Waals surface area contributed by atoms with Crippen molar-refractivity contribution in [2.24, 2.45) is 0 Å². The fourth-order valence-electron chi connectivity index (χ4n) is 4.04. The summed E-state index contributed by atoms with van der Waals surface area (Å²) in [6, 6.07) is 9.45. The third-order valence-corrected chi connectivity index (χ3v) is 6.07. The summed E-state index contributed by atoms with van der Waals surface area (Å²) in [6.07, 6.45) is 4.77. The first kappa shape index (κ1) is 24.1. The Morgan fingerprint density at radius 1 is 0.938 bits per heavy atom. The van der Waals surface area contributed by atoms with Gasteiger partial charge < -0.3 is 15.1 Å². The van der Waals surface area contributed by atoms with Gasteiger partial charge in [0.05, 0.1) is 11.1 Å². The molecule has 1 fully saturated rings. The van der Waals surface area contributed by atoms with E-state index in [2.05, 4.69) is 36.1 Å². The van der Waals surface area contributed by atoms with Crippen molar-refractivity contribution in [3.8, 4) is 0 Å². The zero-order valence-corrected chi connectivity index (χ0v) is 19.4. The van der Waals surface area contributed by atoms with Gasteiger partial charge in [-0.05, 0) is 71.7 Å². The summed E-state index contributed by atoms with van der Waals surface area (Å²) in [5.74, 6) is -1.36. The average Bonchev–Trinajstić information content (AvgIpc) is 2.82. The number of benzene rings is 2. The molecule has 0 saturated carbocycles. The predicted octanol–water partition coefficient (Wildman–Crippen LogP) is 4.46. The zero-order chi connectivity index (χ0) is 23.1. The lowest BCUT2D eigenvalue weighted by Crippen LogP contribution is -2.31. The predicted molar refractivity (Wildman–Crippen MR) is 127 cm³/mol. The lowest BCUT2D eigenvalue weighted by atomic mass is 9.83. The van der Waals surface area contributed by atoms with E-state index in [1.165, 1.54) is 25.3 Å². The number of nitrogens with one attached hydrogen (secondary N) is 1. The maximum atomic E-state index is 14.4. The number of anilines is 1. The Labute approximate surface area is 190 Å². The molecule has 0 bridgehead atoms. The van der Waals surface area contributed by atoms with Crippen molar-refractivity contribution in [2.45, 2.75) is 32.6 Å². The average molecular weight is 440 g/mol. The molecule has 0 amide bonds. The first-order valence-corrected chi connectivity index (χ1v) is 11.6. The third kappa shape index (κ3) is 5.61. The highest BCUT2D eigenvalue weighted by atomic mass is 19.1. The largest absolute Gasteiger partial charge is 0.384 e. The van der Waals surface area contributed by atoms with Crippen molar-refractivity contribution in [1.82, 2.24) is 9.80 Å². The molecule has 172 valence electrons. The number of ketones is 2. The minimum Gasteiger partial charge on any atom is -0.384 e. The minimum atomic E-state index is -0.642. The molecule has 0 aromatic heterocycles. The van der Waals surface area contributed by atoms with E-state index in [1.807, 2.05) is 0 Å². The summed E-state index contributed by atoms with van der Waals surface area (Å²) in [5, 5.41) is 3.25. The highest BCUT2D eigenvalue weighted by Gasteiger charge is 2.33.